The molecule has 0 saturated heterocycles. The molecule has 1 aromatic rings. The van der Waals surface area contributed by atoms with Gasteiger partial charge in [0, 0.05) is 0 Å². The Labute approximate surface area is 85.5 Å². The van der Waals surface area contributed by atoms with Crippen LogP contribution in [0.1, 0.15) is 22.7 Å². The minimum atomic E-state index is -4.46. The van der Waals surface area contributed by atoms with Crippen LogP contribution >= 0.6 is 0 Å². The molecule has 0 aromatic heterocycles. The fourth-order valence-electron chi connectivity index (χ4n) is 1.36. The summed E-state index contributed by atoms with van der Waals surface area (Å²) in [5, 5.41) is 9.39. The van der Waals surface area contributed by atoms with Crippen LogP contribution in [0.4, 0.5) is 13.2 Å². The number of phenolic OH excluding ortho intramolecular Hbond substituents is 1. The van der Waals surface area contributed by atoms with Crippen molar-refractivity contribution in [3.05, 3.63) is 28.8 Å². The lowest BCUT2D eigenvalue weighted by molar-refractivity contribution is -0.149. The molecule has 0 radical (unpaired) electrons. The lowest BCUT2D eigenvalue weighted by atomic mass is 10.0. The lowest BCUT2D eigenvalue weighted by Crippen LogP contribution is -2.28. The summed E-state index contributed by atoms with van der Waals surface area (Å²) in [4.78, 5) is 0. The third-order valence-electron chi connectivity index (χ3n) is 2.23. The smallest absolute Gasteiger partial charge is 0.407 e. The lowest BCUT2D eigenvalue weighted by Gasteiger charge is -2.17. The van der Waals surface area contributed by atoms with Gasteiger partial charge < -0.3 is 10.8 Å². The Morgan fingerprint density at radius 2 is 1.60 bits per heavy atom. The average molecular weight is 219 g/mol. The van der Waals surface area contributed by atoms with Gasteiger partial charge in [-0.1, -0.05) is 12.1 Å². The molecule has 0 fully saturated rings. The summed E-state index contributed by atoms with van der Waals surface area (Å²) in [6.07, 6.45) is -4.46. The first-order valence-electron chi connectivity index (χ1n) is 4.36. The highest BCUT2D eigenvalue weighted by atomic mass is 19.4. The van der Waals surface area contributed by atoms with Crippen LogP contribution in [0.3, 0.4) is 0 Å². The van der Waals surface area contributed by atoms with Crippen LogP contribution < -0.4 is 5.73 Å². The molecule has 0 bridgehead atoms. The van der Waals surface area contributed by atoms with E-state index in [1.807, 2.05) is 0 Å². The van der Waals surface area contributed by atoms with Crippen molar-refractivity contribution < 1.29 is 18.3 Å². The maximum atomic E-state index is 12.3. The van der Waals surface area contributed by atoms with Crippen molar-refractivity contribution in [2.75, 3.05) is 0 Å². The fraction of sp³-hybridized carbons (Fsp3) is 0.400. The Bertz CT molecular complexity index is 350. The van der Waals surface area contributed by atoms with E-state index in [2.05, 4.69) is 0 Å². The van der Waals surface area contributed by atoms with Crippen LogP contribution in [0.15, 0.2) is 12.1 Å². The first-order chi connectivity index (χ1) is 6.73. The van der Waals surface area contributed by atoms with Crippen molar-refractivity contribution in [2.24, 2.45) is 5.73 Å². The second-order valence-electron chi connectivity index (χ2n) is 3.52. The van der Waals surface area contributed by atoms with E-state index >= 15 is 0 Å². The van der Waals surface area contributed by atoms with Gasteiger partial charge >= 0.3 is 6.18 Å². The molecule has 0 aliphatic heterocycles. The van der Waals surface area contributed by atoms with Gasteiger partial charge in [-0.2, -0.15) is 13.2 Å². The zero-order chi connectivity index (χ0) is 11.8. The minimum absolute atomic E-state index is 0.00752. The number of rotatable bonds is 1. The molecule has 0 unspecified atom stereocenters. The van der Waals surface area contributed by atoms with E-state index in [0.717, 1.165) is 0 Å². The van der Waals surface area contributed by atoms with Crippen LogP contribution in [0, 0.1) is 13.8 Å². The molecule has 0 spiro atoms. The van der Waals surface area contributed by atoms with E-state index in [9.17, 15) is 18.3 Å². The Morgan fingerprint density at radius 1 is 1.20 bits per heavy atom. The number of nitrogens with two attached hydrogens (primary N) is 1. The van der Waals surface area contributed by atoms with E-state index in [4.69, 9.17) is 5.73 Å². The summed E-state index contributed by atoms with van der Waals surface area (Å²) in [5.41, 5.74) is 5.81. The maximum Gasteiger partial charge on any atom is 0.407 e. The van der Waals surface area contributed by atoms with Gasteiger partial charge in [0.15, 0.2) is 0 Å². The summed E-state index contributed by atoms with van der Waals surface area (Å²) in [7, 11) is 0. The van der Waals surface area contributed by atoms with Crippen molar-refractivity contribution >= 4 is 0 Å². The third-order valence-corrected chi connectivity index (χ3v) is 2.23. The largest absolute Gasteiger partial charge is 0.507 e. The summed E-state index contributed by atoms with van der Waals surface area (Å²) in [6.45, 7) is 3.07. The van der Waals surface area contributed by atoms with Crippen molar-refractivity contribution in [1.82, 2.24) is 0 Å². The highest BCUT2D eigenvalue weighted by Crippen LogP contribution is 2.33. The molecule has 0 amide bonds. The first-order valence-corrected chi connectivity index (χ1v) is 4.36. The average Bonchev–Trinajstić information content (AvgIpc) is 2.10. The standard InChI is InChI=1S/C10H12F3NO/c1-5-3-7(4-6(2)8(5)15)9(14)10(11,12)13/h3-4,9,15H,14H2,1-2H3/t9-/m0/s1. The molecule has 1 aromatic carbocycles. The fourth-order valence-corrected chi connectivity index (χ4v) is 1.36. The van der Waals surface area contributed by atoms with Crippen LogP contribution in [-0.4, -0.2) is 11.3 Å². The van der Waals surface area contributed by atoms with Crippen LogP contribution in [0.5, 0.6) is 5.75 Å². The highest BCUT2D eigenvalue weighted by molar-refractivity contribution is 5.43. The Kier molecular flexibility index (Phi) is 2.95. The Balaban J connectivity index is 3.17. The summed E-state index contributed by atoms with van der Waals surface area (Å²) < 4.78 is 36.9. The molecule has 1 rings (SSSR count). The first kappa shape index (κ1) is 11.8. The van der Waals surface area contributed by atoms with Gasteiger partial charge in [-0.25, -0.2) is 0 Å². The van der Waals surface area contributed by atoms with E-state index in [-0.39, 0.29) is 11.3 Å². The molecule has 2 nitrogen and oxygen atoms in total. The van der Waals surface area contributed by atoms with Gasteiger partial charge in [0.1, 0.15) is 11.8 Å². The zero-order valence-electron chi connectivity index (χ0n) is 8.39. The second kappa shape index (κ2) is 3.73. The van der Waals surface area contributed by atoms with Crippen molar-refractivity contribution in [1.29, 1.82) is 0 Å². The molecule has 0 aliphatic carbocycles. The monoisotopic (exact) mass is 219 g/mol. The number of phenols is 1. The quantitative estimate of drug-likeness (QED) is 0.762. The van der Waals surface area contributed by atoms with Crippen molar-refractivity contribution in [2.45, 2.75) is 26.1 Å². The zero-order valence-corrected chi connectivity index (χ0v) is 8.39. The van der Waals surface area contributed by atoms with Gasteiger partial charge in [-0.3, -0.25) is 0 Å². The number of halogens is 3. The van der Waals surface area contributed by atoms with Crippen LogP contribution in [-0.2, 0) is 0 Å². The topological polar surface area (TPSA) is 46.2 Å². The SMILES string of the molecule is Cc1cc([C@H](N)C(F)(F)F)cc(C)c1O. The van der Waals surface area contributed by atoms with E-state index in [0.29, 0.717) is 11.1 Å². The van der Waals surface area contributed by atoms with E-state index in [1.165, 1.54) is 26.0 Å². The Hall–Kier alpha value is -1.23. The number of benzene rings is 1. The second-order valence-corrected chi connectivity index (χ2v) is 3.52. The van der Waals surface area contributed by atoms with Gasteiger partial charge in [0.2, 0.25) is 0 Å². The van der Waals surface area contributed by atoms with Gasteiger partial charge in [-0.05, 0) is 30.5 Å². The molecule has 84 valence electrons. The Morgan fingerprint density at radius 3 is 1.93 bits per heavy atom. The molecule has 1 atom stereocenters. The summed E-state index contributed by atoms with van der Waals surface area (Å²) >= 11 is 0. The number of hydrogen-bond acceptors (Lipinski definition) is 2. The predicted octanol–water partition coefficient (Wildman–Crippen LogP) is 2.57. The minimum Gasteiger partial charge on any atom is -0.507 e. The third kappa shape index (κ3) is 2.41. The van der Waals surface area contributed by atoms with Crippen LogP contribution in [0.25, 0.3) is 0 Å². The van der Waals surface area contributed by atoms with Gasteiger partial charge in [0.05, 0.1) is 0 Å². The van der Waals surface area contributed by atoms with E-state index in [1.54, 1.807) is 0 Å². The molecule has 0 heterocycles. The van der Waals surface area contributed by atoms with Gasteiger partial charge in [-0.15, -0.1) is 0 Å². The number of aryl methyl sites for hydroxylation is 2. The summed E-state index contributed by atoms with van der Waals surface area (Å²) in [6, 6.07) is 0.497. The molecule has 15 heavy (non-hydrogen) atoms. The normalized spacial score (nSPS) is 14.0. The molecular weight excluding hydrogens is 207 g/mol. The maximum absolute atomic E-state index is 12.3. The molecule has 5 heteroatoms. The molecule has 0 aliphatic rings. The summed E-state index contributed by atoms with van der Waals surface area (Å²) in [5.74, 6) is 0.00752. The molecule has 0 saturated carbocycles. The highest BCUT2D eigenvalue weighted by Gasteiger charge is 2.38. The predicted molar refractivity (Wildman–Crippen MR) is 50.6 cm³/mol. The molecular formula is C10H12F3NO. The van der Waals surface area contributed by atoms with E-state index < -0.39 is 12.2 Å². The number of alkyl halides is 3. The van der Waals surface area contributed by atoms with Crippen LogP contribution in [0.2, 0.25) is 0 Å². The van der Waals surface area contributed by atoms with Crippen molar-refractivity contribution in [3.63, 3.8) is 0 Å². The van der Waals surface area contributed by atoms with Gasteiger partial charge in [0.25, 0.3) is 0 Å². The molecule has 3 N–H and O–H groups in total. The van der Waals surface area contributed by atoms with Crippen molar-refractivity contribution in [3.8, 4) is 5.75 Å². The number of aromatic hydroxyl groups is 1. The number of hydrogen-bond donors (Lipinski definition) is 2.